The second-order valence-corrected chi connectivity index (χ2v) is 6.98. The molecule has 2 nitrogen and oxygen atoms in total. The van der Waals surface area contributed by atoms with Crippen molar-refractivity contribution in [3.05, 3.63) is 0 Å². The van der Waals surface area contributed by atoms with Gasteiger partial charge in [-0.2, -0.15) is 0 Å². The van der Waals surface area contributed by atoms with Gasteiger partial charge in [-0.25, -0.2) is 0 Å². The fourth-order valence-electron chi connectivity index (χ4n) is 3.49. The van der Waals surface area contributed by atoms with Crippen LogP contribution in [0.5, 0.6) is 0 Å². The Bertz CT molecular complexity index is 221. The van der Waals surface area contributed by atoms with Crippen molar-refractivity contribution in [1.29, 1.82) is 0 Å². The largest absolute Gasteiger partial charge is 0.305 e. The maximum atomic E-state index is 3.78. The first-order valence-corrected chi connectivity index (χ1v) is 9.25. The van der Waals surface area contributed by atoms with Crippen LogP contribution < -0.4 is 0 Å². The summed E-state index contributed by atoms with van der Waals surface area (Å²) in [7, 11) is 2.30. The molecule has 0 spiro atoms. The van der Waals surface area contributed by atoms with Crippen LogP contribution in [-0.2, 0) is 0 Å². The number of halogens is 1. The van der Waals surface area contributed by atoms with Crippen molar-refractivity contribution in [2.24, 2.45) is 5.41 Å². The third kappa shape index (κ3) is 6.14. The summed E-state index contributed by atoms with van der Waals surface area (Å²) in [5.74, 6) is 0. The SMILES string of the molecule is CCCC(CBr)(CCC)CN(C)CCN1CCCC1. The number of nitrogens with zero attached hydrogens (tertiary/aromatic N) is 2. The summed E-state index contributed by atoms with van der Waals surface area (Å²) >= 11 is 3.78. The summed E-state index contributed by atoms with van der Waals surface area (Å²) in [6.45, 7) is 11.0. The van der Waals surface area contributed by atoms with Crippen molar-refractivity contribution in [2.75, 3.05) is 45.1 Å². The van der Waals surface area contributed by atoms with Crippen LogP contribution in [0.15, 0.2) is 0 Å². The molecule has 0 unspecified atom stereocenters. The van der Waals surface area contributed by atoms with E-state index in [1.54, 1.807) is 0 Å². The highest BCUT2D eigenvalue weighted by atomic mass is 79.9. The number of hydrogen-bond acceptors (Lipinski definition) is 2. The van der Waals surface area contributed by atoms with Gasteiger partial charge in [0.2, 0.25) is 0 Å². The van der Waals surface area contributed by atoms with E-state index < -0.39 is 0 Å². The lowest BCUT2D eigenvalue weighted by atomic mass is 9.81. The monoisotopic (exact) mass is 332 g/mol. The van der Waals surface area contributed by atoms with Crippen LogP contribution in [-0.4, -0.2) is 54.9 Å². The van der Waals surface area contributed by atoms with Gasteiger partial charge in [0, 0.05) is 25.0 Å². The van der Waals surface area contributed by atoms with Crippen LogP contribution in [0.3, 0.4) is 0 Å². The summed E-state index contributed by atoms with van der Waals surface area (Å²) in [5, 5.41) is 1.15. The second kappa shape index (κ2) is 9.36. The summed E-state index contributed by atoms with van der Waals surface area (Å²) < 4.78 is 0. The Labute approximate surface area is 129 Å². The molecule has 19 heavy (non-hydrogen) atoms. The van der Waals surface area contributed by atoms with Gasteiger partial charge in [-0.1, -0.05) is 42.6 Å². The van der Waals surface area contributed by atoms with Gasteiger partial charge in [0.1, 0.15) is 0 Å². The van der Waals surface area contributed by atoms with E-state index in [0.29, 0.717) is 5.41 Å². The van der Waals surface area contributed by atoms with Gasteiger partial charge in [0.05, 0.1) is 0 Å². The zero-order valence-electron chi connectivity index (χ0n) is 13.3. The molecule has 0 aromatic carbocycles. The van der Waals surface area contributed by atoms with Crippen molar-refractivity contribution in [3.63, 3.8) is 0 Å². The van der Waals surface area contributed by atoms with Crippen molar-refractivity contribution >= 4 is 15.9 Å². The first-order chi connectivity index (χ1) is 9.15. The molecule has 0 radical (unpaired) electrons. The normalized spacial score (nSPS) is 17.5. The minimum atomic E-state index is 0.489. The lowest BCUT2D eigenvalue weighted by Gasteiger charge is -2.36. The molecular weight excluding hydrogens is 300 g/mol. The van der Waals surface area contributed by atoms with Crippen molar-refractivity contribution < 1.29 is 0 Å². The maximum Gasteiger partial charge on any atom is 0.0109 e. The Morgan fingerprint density at radius 3 is 2.16 bits per heavy atom. The predicted octanol–water partition coefficient (Wildman–Crippen LogP) is 4.00. The molecule has 1 saturated heterocycles. The van der Waals surface area contributed by atoms with Gasteiger partial charge in [-0.3, -0.25) is 0 Å². The smallest absolute Gasteiger partial charge is 0.0109 e. The number of likely N-dealkylation sites (N-methyl/N-ethyl adjacent to an activating group) is 1. The molecule has 0 aromatic heterocycles. The van der Waals surface area contributed by atoms with E-state index in [1.165, 1.54) is 71.2 Å². The zero-order chi connectivity index (χ0) is 14.1. The van der Waals surface area contributed by atoms with Gasteiger partial charge in [0.15, 0.2) is 0 Å². The molecule has 0 saturated carbocycles. The van der Waals surface area contributed by atoms with E-state index in [4.69, 9.17) is 0 Å². The maximum absolute atomic E-state index is 3.78. The number of hydrogen-bond donors (Lipinski definition) is 0. The quantitative estimate of drug-likeness (QED) is 0.558. The van der Waals surface area contributed by atoms with Gasteiger partial charge >= 0.3 is 0 Å². The van der Waals surface area contributed by atoms with Crippen molar-refractivity contribution in [1.82, 2.24) is 9.80 Å². The number of likely N-dealkylation sites (tertiary alicyclic amines) is 1. The van der Waals surface area contributed by atoms with Crippen molar-refractivity contribution in [2.45, 2.75) is 52.4 Å². The summed E-state index contributed by atoms with van der Waals surface area (Å²) in [5.41, 5.74) is 0.489. The topological polar surface area (TPSA) is 6.48 Å². The van der Waals surface area contributed by atoms with Gasteiger partial charge in [0.25, 0.3) is 0 Å². The molecule has 0 bridgehead atoms. The Hall–Kier alpha value is 0.400. The molecule has 0 amide bonds. The first-order valence-electron chi connectivity index (χ1n) is 8.12. The minimum Gasteiger partial charge on any atom is -0.305 e. The van der Waals surface area contributed by atoms with Crippen LogP contribution in [0.2, 0.25) is 0 Å². The Morgan fingerprint density at radius 2 is 1.68 bits per heavy atom. The summed E-state index contributed by atoms with van der Waals surface area (Å²) in [4.78, 5) is 5.18. The molecule has 3 heteroatoms. The molecular formula is C16H33BrN2. The van der Waals surface area contributed by atoms with E-state index in [1.807, 2.05) is 0 Å². The third-order valence-electron chi connectivity index (χ3n) is 4.45. The van der Waals surface area contributed by atoms with Crippen LogP contribution in [0, 0.1) is 5.41 Å². The molecule has 0 atom stereocenters. The van der Waals surface area contributed by atoms with Gasteiger partial charge < -0.3 is 9.80 Å². The Balaban J connectivity index is 2.37. The average Bonchev–Trinajstić information content (AvgIpc) is 2.90. The predicted molar refractivity (Wildman–Crippen MR) is 89.2 cm³/mol. The van der Waals surface area contributed by atoms with E-state index in [2.05, 4.69) is 46.6 Å². The molecule has 0 N–H and O–H groups in total. The van der Waals surface area contributed by atoms with Gasteiger partial charge in [-0.05, 0) is 51.2 Å². The van der Waals surface area contributed by atoms with E-state index in [-0.39, 0.29) is 0 Å². The molecule has 1 aliphatic heterocycles. The van der Waals surface area contributed by atoms with Crippen LogP contribution in [0.1, 0.15) is 52.4 Å². The van der Waals surface area contributed by atoms with E-state index in [9.17, 15) is 0 Å². The average molecular weight is 333 g/mol. The zero-order valence-corrected chi connectivity index (χ0v) is 14.8. The highest BCUT2D eigenvalue weighted by molar-refractivity contribution is 9.09. The molecule has 114 valence electrons. The lowest BCUT2D eigenvalue weighted by Crippen LogP contribution is -2.40. The Kier molecular flexibility index (Phi) is 8.59. The van der Waals surface area contributed by atoms with Crippen LogP contribution >= 0.6 is 15.9 Å². The standard InChI is InChI=1S/C16H33BrN2/c1-4-8-16(14-17,9-5-2)15-18(3)12-13-19-10-6-7-11-19/h4-15H2,1-3H3. The molecule has 1 rings (SSSR count). The molecule has 0 aliphatic carbocycles. The van der Waals surface area contributed by atoms with Crippen LogP contribution in [0.4, 0.5) is 0 Å². The molecule has 1 fully saturated rings. The van der Waals surface area contributed by atoms with E-state index >= 15 is 0 Å². The van der Waals surface area contributed by atoms with Crippen molar-refractivity contribution in [3.8, 4) is 0 Å². The summed E-state index contributed by atoms with van der Waals surface area (Å²) in [6, 6.07) is 0. The second-order valence-electron chi connectivity index (χ2n) is 6.42. The fourth-order valence-corrected chi connectivity index (χ4v) is 4.23. The highest BCUT2D eigenvalue weighted by Crippen LogP contribution is 2.32. The van der Waals surface area contributed by atoms with Crippen LogP contribution in [0.25, 0.3) is 0 Å². The number of alkyl halides is 1. The van der Waals surface area contributed by atoms with E-state index in [0.717, 1.165) is 5.33 Å². The molecule has 1 aliphatic rings. The Morgan fingerprint density at radius 1 is 1.11 bits per heavy atom. The lowest BCUT2D eigenvalue weighted by molar-refractivity contribution is 0.157. The molecule has 1 heterocycles. The van der Waals surface area contributed by atoms with Gasteiger partial charge in [-0.15, -0.1) is 0 Å². The summed E-state index contributed by atoms with van der Waals surface area (Å²) in [6.07, 6.45) is 8.10. The fraction of sp³-hybridized carbons (Fsp3) is 1.00. The third-order valence-corrected chi connectivity index (χ3v) is 5.64. The highest BCUT2D eigenvalue weighted by Gasteiger charge is 2.28. The first kappa shape index (κ1) is 17.5. The molecule has 0 aromatic rings. The minimum absolute atomic E-state index is 0.489. The number of rotatable bonds is 10.